The molecule has 5 nitrogen and oxygen atoms in total. The molecule has 0 fully saturated rings. The van der Waals surface area contributed by atoms with Crippen LogP contribution < -0.4 is 5.32 Å². The van der Waals surface area contributed by atoms with Gasteiger partial charge in [-0.1, -0.05) is 15.9 Å². The summed E-state index contributed by atoms with van der Waals surface area (Å²) in [5, 5.41) is 2.63. The SMILES string of the molecule is CS(=O)CCCNC(=O)c1cc(Br)cc(S(=O)(=O)Cl)c1. The van der Waals surface area contributed by atoms with E-state index in [1.807, 2.05) is 0 Å². The van der Waals surface area contributed by atoms with E-state index in [-0.39, 0.29) is 10.5 Å². The first kappa shape index (κ1) is 17.6. The van der Waals surface area contributed by atoms with E-state index in [9.17, 15) is 17.4 Å². The predicted octanol–water partition coefficient (Wildman–Crippen LogP) is 1.87. The molecule has 0 aliphatic rings. The number of benzene rings is 1. The average Bonchev–Trinajstić information content (AvgIpc) is 2.32. The van der Waals surface area contributed by atoms with Crippen molar-refractivity contribution >= 4 is 52.4 Å². The Morgan fingerprint density at radius 3 is 2.60 bits per heavy atom. The zero-order valence-corrected chi connectivity index (χ0v) is 14.5. The molecule has 1 rings (SSSR count). The first-order chi connectivity index (χ1) is 9.20. The maximum absolute atomic E-state index is 11.9. The van der Waals surface area contributed by atoms with Crippen LogP contribution in [-0.2, 0) is 19.9 Å². The minimum Gasteiger partial charge on any atom is -0.352 e. The smallest absolute Gasteiger partial charge is 0.261 e. The van der Waals surface area contributed by atoms with Gasteiger partial charge in [0.05, 0.1) is 4.90 Å². The van der Waals surface area contributed by atoms with E-state index < -0.39 is 25.8 Å². The summed E-state index contributed by atoms with van der Waals surface area (Å²) in [4.78, 5) is 11.7. The maximum atomic E-state index is 11.9. The molecule has 1 aromatic rings. The summed E-state index contributed by atoms with van der Waals surface area (Å²) in [6, 6.07) is 4.03. The highest BCUT2D eigenvalue weighted by atomic mass is 79.9. The van der Waals surface area contributed by atoms with Gasteiger partial charge in [-0.2, -0.15) is 0 Å². The molecule has 0 aromatic heterocycles. The highest BCUT2D eigenvalue weighted by Crippen LogP contribution is 2.22. The summed E-state index contributed by atoms with van der Waals surface area (Å²) in [7, 11) is 0.460. The summed E-state index contributed by atoms with van der Waals surface area (Å²) in [5.74, 6) is 0.0924. The molecular formula is C11H13BrClNO4S2. The fraction of sp³-hybridized carbons (Fsp3) is 0.364. The Morgan fingerprint density at radius 1 is 1.40 bits per heavy atom. The Morgan fingerprint density at radius 2 is 2.05 bits per heavy atom. The number of carbonyl (C=O) groups excluding carboxylic acids is 1. The highest BCUT2D eigenvalue weighted by Gasteiger charge is 2.15. The van der Waals surface area contributed by atoms with Crippen molar-refractivity contribution in [3.05, 3.63) is 28.2 Å². The second-order valence-corrected chi connectivity index (χ2v) is 9.04. The molecular weight excluding hydrogens is 390 g/mol. The van der Waals surface area contributed by atoms with Gasteiger partial charge in [0.25, 0.3) is 15.0 Å². The summed E-state index contributed by atoms with van der Waals surface area (Å²) in [5.41, 5.74) is 0.191. The largest absolute Gasteiger partial charge is 0.352 e. The van der Waals surface area contributed by atoms with Gasteiger partial charge in [0.1, 0.15) is 0 Å². The van der Waals surface area contributed by atoms with Crippen molar-refractivity contribution in [3.8, 4) is 0 Å². The van der Waals surface area contributed by atoms with Crippen LogP contribution in [0.5, 0.6) is 0 Å². The first-order valence-corrected chi connectivity index (χ1v) is 10.4. The van der Waals surface area contributed by atoms with Gasteiger partial charge in [0.2, 0.25) is 0 Å². The molecule has 0 saturated carbocycles. The third kappa shape index (κ3) is 5.90. The third-order valence-corrected chi connectivity index (χ3v) is 4.96. The molecule has 1 N–H and O–H groups in total. The lowest BCUT2D eigenvalue weighted by atomic mass is 10.2. The monoisotopic (exact) mass is 401 g/mol. The van der Waals surface area contributed by atoms with E-state index >= 15 is 0 Å². The van der Waals surface area contributed by atoms with E-state index in [1.165, 1.54) is 18.2 Å². The Hall–Kier alpha value is -0.440. The number of nitrogens with one attached hydrogen (secondary N) is 1. The van der Waals surface area contributed by atoms with Gasteiger partial charge in [0, 0.05) is 50.1 Å². The highest BCUT2D eigenvalue weighted by molar-refractivity contribution is 9.10. The Labute approximate surface area is 133 Å². The summed E-state index contributed by atoms with van der Waals surface area (Å²) < 4.78 is 33.9. The molecule has 1 aromatic carbocycles. The zero-order valence-electron chi connectivity index (χ0n) is 10.6. The molecule has 9 heteroatoms. The Bertz CT molecular complexity index is 633. The minimum absolute atomic E-state index is 0.145. The second kappa shape index (κ2) is 7.53. The van der Waals surface area contributed by atoms with Crippen molar-refractivity contribution in [3.63, 3.8) is 0 Å². The second-order valence-electron chi connectivity index (χ2n) is 4.00. The van der Waals surface area contributed by atoms with Gasteiger partial charge >= 0.3 is 0 Å². The van der Waals surface area contributed by atoms with Crippen molar-refractivity contribution in [2.24, 2.45) is 0 Å². The van der Waals surface area contributed by atoms with Gasteiger partial charge in [-0.3, -0.25) is 9.00 Å². The van der Waals surface area contributed by atoms with Crippen LogP contribution in [0.2, 0.25) is 0 Å². The normalized spacial score (nSPS) is 12.9. The molecule has 0 aliphatic heterocycles. The molecule has 0 spiro atoms. The number of amides is 1. The van der Waals surface area contributed by atoms with Crippen LogP contribution in [0.4, 0.5) is 0 Å². The van der Waals surface area contributed by atoms with Gasteiger partial charge < -0.3 is 5.32 Å². The molecule has 20 heavy (non-hydrogen) atoms. The van der Waals surface area contributed by atoms with Gasteiger partial charge in [-0.05, 0) is 24.6 Å². The molecule has 0 bridgehead atoms. The van der Waals surface area contributed by atoms with Crippen LogP contribution in [-0.4, -0.2) is 37.1 Å². The number of hydrogen-bond acceptors (Lipinski definition) is 4. The van der Waals surface area contributed by atoms with Crippen LogP contribution in [0.25, 0.3) is 0 Å². The predicted molar refractivity (Wildman–Crippen MR) is 83.1 cm³/mol. The lowest BCUT2D eigenvalue weighted by Crippen LogP contribution is -2.25. The van der Waals surface area contributed by atoms with Crippen LogP contribution in [0.1, 0.15) is 16.8 Å². The number of halogens is 2. The van der Waals surface area contributed by atoms with Crippen LogP contribution in [0.3, 0.4) is 0 Å². The molecule has 1 unspecified atom stereocenters. The first-order valence-electron chi connectivity index (χ1n) is 5.53. The third-order valence-electron chi connectivity index (χ3n) is 2.31. The molecule has 0 saturated heterocycles. The van der Waals surface area contributed by atoms with Crippen molar-refractivity contribution in [2.75, 3.05) is 18.6 Å². The molecule has 0 aliphatic carbocycles. The van der Waals surface area contributed by atoms with Gasteiger partial charge in [-0.15, -0.1) is 0 Å². The van der Waals surface area contributed by atoms with E-state index in [0.29, 0.717) is 23.2 Å². The average molecular weight is 403 g/mol. The zero-order chi connectivity index (χ0) is 15.3. The van der Waals surface area contributed by atoms with Crippen molar-refractivity contribution in [1.82, 2.24) is 5.32 Å². The van der Waals surface area contributed by atoms with E-state index in [1.54, 1.807) is 6.26 Å². The minimum atomic E-state index is -3.90. The molecule has 112 valence electrons. The fourth-order valence-electron chi connectivity index (χ4n) is 1.41. The number of rotatable bonds is 6. The van der Waals surface area contributed by atoms with Gasteiger partial charge in [0.15, 0.2) is 0 Å². The Balaban J connectivity index is 2.78. The quantitative estimate of drug-likeness (QED) is 0.582. The summed E-state index contributed by atoms with van der Waals surface area (Å²) in [6.45, 7) is 0.369. The number of carbonyl (C=O) groups is 1. The van der Waals surface area contributed by atoms with E-state index in [0.717, 1.165) is 0 Å². The molecule has 0 heterocycles. The Kier molecular flexibility index (Phi) is 6.63. The van der Waals surface area contributed by atoms with Crippen molar-refractivity contribution < 1.29 is 17.4 Å². The van der Waals surface area contributed by atoms with Crippen molar-refractivity contribution in [1.29, 1.82) is 0 Å². The lowest BCUT2D eigenvalue weighted by molar-refractivity contribution is 0.0953. The van der Waals surface area contributed by atoms with Crippen LogP contribution in [0.15, 0.2) is 27.6 Å². The van der Waals surface area contributed by atoms with E-state index in [2.05, 4.69) is 21.2 Å². The summed E-state index contributed by atoms with van der Waals surface area (Å²) in [6.07, 6.45) is 2.18. The molecule has 1 atom stereocenters. The lowest BCUT2D eigenvalue weighted by Gasteiger charge is -2.06. The fourth-order valence-corrected chi connectivity index (χ4v) is 3.41. The molecule has 0 radical (unpaired) electrons. The number of hydrogen-bond donors (Lipinski definition) is 1. The van der Waals surface area contributed by atoms with Crippen LogP contribution >= 0.6 is 26.6 Å². The molecule has 1 amide bonds. The van der Waals surface area contributed by atoms with Crippen LogP contribution in [0, 0.1) is 0 Å². The topological polar surface area (TPSA) is 80.3 Å². The summed E-state index contributed by atoms with van der Waals surface area (Å²) >= 11 is 3.13. The van der Waals surface area contributed by atoms with Crippen molar-refractivity contribution in [2.45, 2.75) is 11.3 Å². The standard InChI is InChI=1S/C11H13BrClNO4S2/c1-19(16)4-2-3-14-11(15)8-5-9(12)7-10(6-8)20(13,17)18/h5-7H,2-4H2,1H3,(H,14,15). The maximum Gasteiger partial charge on any atom is 0.261 e. The van der Waals surface area contributed by atoms with E-state index in [4.69, 9.17) is 10.7 Å². The van der Waals surface area contributed by atoms with Gasteiger partial charge in [-0.25, -0.2) is 8.42 Å².